The van der Waals surface area contributed by atoms with Crippen LogP contribution in [-0.4, -0.2) is 39.2 Å². The van der Waals surface area contributed by atoms with Gasteiger partial charge in [0.25, 0.3) is 0 Å². The highest BCUT2D eigenvalue weighted by Crippen LogP contribution is 2.19. The van der Waals surface area contributed by atoms with E-state index < -0.39 is 0 Å². The zero-order chi connectivity index (χ0) is 22.0. The van der Waals surface area contributed by atoms with Crippen LogP contribution in [0.25, 0.3) is 11.0 Å². The van der Waals surface area contributed by atoms with Crippen molar-refractivity contribution in [1.29, 1.82) is 0 Å². The second-order valence-corrected chi connectivity index (χ2v) is 7.76. The van der Waals surface area contributed by atoms with Crippen LogP contribution in [0.2, 0.25) is 5.02 Å². The highest BCUT2D eigenvalue weighted by Gasteiger charge is 2.17. The average Bonchev–Trinajstić information content (AvgIpc) is 3.30. The number of methoxy groups -OCH3 is 1. The van der Waals surface area contributed by atoms with Gasteiger partial charge in [-0.3, -0.25) is 4.79 Å². The molecule has 0 aliphatic carbocycles. The summed E-state index contributed by atoms with van der Waals surface area (Å²) in [6, 6.07) is 15.1. The Balaban J connectivity index is 1.44. The minimum atomic E-state index is -0.145. The Morgan fingerprint density at radius 2 is 1.87 bits per heavy atom. The van der Waals surface area contributed by atoms with E-state index in [1.807, 2.05) is 32.0 Å². The van der Waals surface area contributed by atoms with Gasteiger partial charge in [-0.1, -0.05) is 28.6 Å². The lowest BCUT2D eigenvalue weighted by molar-refractivity contribution is 0.0630. The molecule has 2 heterocycles. The number of carbonyl (C=O) groups excluding carboxylic acids is 1. The van der Waals surface area contributed by atoms with E-state index in [9.17, 15) is 4.79 Å². The number of ketones is 1. The minimum Gasteiger partial charge on any atom is -0.497 e. The molecular formula is C23H23ClN4O3. The quantitative estimate of drug-likeness (QED) is 0.388. The van der Waals surface area contributed by atoms with Crippen LogP contribution in [0.1, 0.15) is 27.3 Å². The fourth-order valence-corrected chi connectivity index (χ4v) is 3.79. The van der Waals surface area contributed by atoms with Gasteiger partial charge in [0.2, 0.25) is 5.78 Å². The number of hydrogen-bond donors (Lipinski definition) is 0. The van der Waals surface area contributed by atoms with Crippen LogP contribution >= 0.6 is 11.6 Å². The third kappa shape index (κ3) is 4.41. The van der Waals surface area contributed by atoms with Crippen LogP contribution in [-0.2, 0) is 13.0 Å². The standard InChI is InChI=1S/C23H23ClN4O3/c1-15-12-20(16(2)27(15)11-10-17-4-7-19(30-3)8-5-17)23(29)14-31-28-22-13-18(24)6-9-21(22)25-26-28/h4-9,12-13H,10-11,14H2,1-3H3. The summed E-state index contributed by atoms with van der Waals surface area (Å²) in [7, 11) is 1.66. The lowest BCUT2D eigenvalue weighted by atomic mass is 10.1. The lowest BCUT2D eigenvalue weighted by Crippen LogP contribution is -2.21. The van der Waals surface area contributed by atoms with Crippen molar-refractivity contribution >= 4 is 28.4 Å². The molecule has 0 aliphatic rings. The third-order valence-corrected chi connectivity index (χ3v) is 5.59. The van der Waals surface area contributed by atoms with Crippen LogP contribution in [0, 0.1) is 13.8 Å². The molecule has 4 rings (SSSR count). The van der Waals surface area contributed by atoms with Gasteiger partial charge in [0, 0.05) is 28.5 Å². The molecule has 8 heteroatoms. The Morgan fingerprint density at radius 3 is 2.61 bits per heavy atom. The minimum absolute atomic E-state index is 0.116. The van der Waals surface area contributed by atoms with Gasteiger partial charge in [-0.05, 0) is 67.4 Å². The molecular weight excluding hydrogens is 416 g/mol. The highest BCUT2D eigenvalue weighted by atomic mass is 35.5. The Labute approximate surface area is 185 Å². The fourth-order valence-electron chi connectivity index (χ4n) is 3.62. The maximum absolute atomic E-state index is 12.8. The molecule has 0 amide bonds. The van der Waals surface area contributed by atoms with Gasteiger partial charge in [-0.25, -0.2) is 0 Å². The molecule has 0 N–H and O–H groups in total. The van der Waals surface area contributed by atoms with Gasteiger partial charge in [-0.15, -0.1) is 5.10 Å². The maximum Gasteiger partial charge on any atom is 0.204 e. The predicted molar refractivity (Wildman–Crippen MR) is 119 cm³/mol. The molecule has 2 aromatic carbocycles. The van der Waals surface area contributed by atoms with E-state index in [1.165, 1.54) is 10.4 Å². The summed E-state index contributed by atoms with van der Waals surface area (Å²) < 4.78 is 7.36. The zero-order valence-corrected chi connectivity index (χ0v) is 18.4. The average molecular weight is 439 g/mol. The van der Waals surface area contributed by atoms with Crippen LogP contribution in [0.15, 0.2) is 48.5 Å². The van der Waals surface area contributed by atoms with Gasteiger partial charge >= 0.3 is 0 Å². The van der Waals surface area contributed by atoms with Crippen molar-refractivity contribution in [3.63, 3.8) is 0 Å². The topological polar surface area (TPSA) is 71.2 Å². The van der Waals surface area contributed by atoms with Crippen LogP contribution in [0.4, 0.5) is 0 Å². The van der Waals surface area contributed by atoms with Gasteiger partial charge in [-0.2, -0.15) is 0 Å². The SMILES string of the molecule is COc1ccc(CCn2c(C)cc(C(=O)COn3nnc4ccc(Cl)cc43)c2C)cc1. The summed E-state index contributed by atoms with van der Waals surface area (Å²) in [6.07, 6.45) is 0.857. The third-order valence-electron chi connectivity index (χ3n) is 5.35. The summed E-state index contributed by atoms with van der Waals surface area (Å²) in [5, 5.41) is 8.51. The Bertz CT molecular complexity index is 1230. The first-order valence-corrected chi connectivity index (χ1v) is 10.3. The van der Waals surface area contributed by atoms with Crippen LogP contribution in [0.3, 0.4) is 0 Å². The number of nitrogens with zero attached hydrogens (tertiary/aromatic N) is 4. The van der Waals surface area contributed by atoms with Crippen LogP contribution in [0.5, 0.6) is 5.75 Å². The van der Waals surface area contributed by atoms with E-state index in [4.69, 9.17) is 21.2 Å². The van der Waals surface area contributed by atoms with Gasteiger partial charge in [0.15, 0.2) is 6.61 Å². The van der Waals surface area contributed by atoms with E-state index in [-0.39, 0.29) is 12.4 Å². The summed E-state index contributed by atoms with van der Waals surface area (Å²) in [6.45, 7) is 4.60. The van der Waals surface area contributed by atoms with Crippen molar-refractivity contribution in [3.05, 3.63) is 76.1 Å². The number of carbonyl (C=O) groups is 1. The summed E-state index contributed by atoms with van der Waals surface area (Å²) in [4.78, 5) is 19.7. The first kappa shape index (κ1) is 20.9. The Hall–Kier alpha value is -3.32. The molecule has 0 atom stereocenters. The summed E-state index contributed by atoms with van der Waals surface area (Å²) in [5.41, 5.74) is 5.08. The van der Waals surface area contributed by atoms with Crippen LogP contribution < -0.4 is 9.57 Å². The van der Waals surface area contributed by atoms with Gasteiger partial charge in [0.05, 0.1) is 7.11 Å². The first-order chi connectivity index (χ1) is 15.0. The van der Waals surface area contributed by atoms with Gasteiger partial charge < -0.3 is 14.1 Å². The Morgan fingerprint density at radius 1 is 1.10 bits per heavy atom. The largest absolute Gasteiger partial charge is 0.497 e. The van der Waals surface area contributed by atoms with E-state index >= 15 is 0 Å². The number of fused-ring (bicyclic) bond motifs is 1. The molecule has 0 aliphatic heterocycles. The molecule has 31 heavy (non-hydrogen) atoms. The number of hydrogen-bond acceptors (Lipinski definition) is 5. The van der Waals surface area contributed by atoms with E-state index in [1.54, 1.807) is 25.3 Å². The first-order valence-electron chi connectivity index (χ1n) is 9.93. The van der Waals surface area contributed by atoms with Crippen molar-refractivity contribution in [2.45, 2.75) is 26.8 Å². The lowest BCUT2D eigenvalue weighted by Gasteiger charge is -2.10. The number of benzene rings is 2. The molecule has 0 saturated carbocycles. The fraction of sp³-hybridized carbons (Fsp3) is 0.261. The number of aromatic nitrogens is 4. The van der Waals surface area contributed by atoms with Crippen molar-refractivity contribution in [3.8, 4) is 5.75 Å². The smallest absolute Gasteiger partial charge is 0.204 e. The molecule has 4 aromatic rings. The molecule has 0 unspecified atom stereocenters. The normalized spacial score (nSPS) is 11.1. The molecule has 0 saturated heterocycles. The van der Waals surface area contributed by atoms with Crippen molar-refractivity contribution in [2.24, 2.45) is 0 Å². The zero-order valence-electron chi connectivity index (χ0n) is 17.6. The highest BCUT2D eigenvalue weighted by molar-refractivity contribution is 6.31. The molecule has 2 aromatic heterocycles. The molecule has 0 bridgehead atoms. The van der Waals surface area contributed by atoms with Crippen molar-refractivity contribution in [2.75, 3.05) is 13.7 Å². The Kier molecular flexibility index (Phi) is 5.95. The number of aryl methyl sites for hydroxylation is 2. The van der Waals surface area contributed by atoms with Gasteiger partial charge in [0.1, 0.15) is 16.8 Å². The maximum atomic E-state index is 12.8. The van der Waals surface area contributed by atoms with E-state index in [0.717, 1.165) is 30.1 Å². The molecule has 0 spiro atoms. The summed E-state index contributed by atoms with van der Waals surface area (Å²) >= 11 is 6.04. The number of ether oxygens (including phenoxy) is 1. The molecule has 0 fully saturated rings. The second-order valence-electron chi connectivity index (χ2n) is 7.33. The summed E-state index contributed by atoms with van der Waals surface area (Å²) in [5.74, 6) is 0.724. The number of Topliss-reactive ketones (excluding diaryl/α,β-unsaturated/α-hetero) is 1. The predicted octanol–water partition coefficient (Wildman–Crippen LogP) is 4.07. The molecule has 160 valence electrons. The van der Waals surface area contributed by atoms with Crippen molar-refractivity contribution < 1.29 is 14.4 Å². The van der Waals surface area contributed by atoms with E-state index in [0.29, 0.717) is 21.6 Å². The number of halogens is 1. The molecule has 7 nitrogen and oxygen atoms in total. The van der Waals surface area contributed by atoms with Crippen molar-refractivity contribution in [1.82, 2.24) is 19.7 Å². The second kappa shape index (κ2) is 8.81. The number of rotatable bonds is 8. The van der Waals surface area contributed by atoms with E-state index in [2.05, 4.69) is 27.0 Å². The molecule has 0 radical (unpaired) electrons. The monoisotopic (exact) mass is 438 g/mol.